The van der Waals surface area contributed by atoms with E-state index < -0.39 is 32.5 Å². The first-order valence-electron chi connectivity index (χ1n) is 20.9. The number of phosphoric acid groups is 1. The number of rotatable bonds is 38. The molecule has 0 aliphatic rings. The molecule has 0 saturated heterocycles. The highest BCUT2D eigenvalue weighted by Crippen LogP contribution is 2.36. The quantitative estimate of drug-likeness (QED) is 0.0277. The van der Waals surface area contributed by atoms with E-state index in [2.05, 4.69) is 67.0 Å². The molecule has 0 radical (unpaired) electrons. The zero-order chi connectivity index (χ0) is 38.2. The molecule has 0 fully saturated rings. The highest BCUT2D eigenvalue weighted by atomic mass is 31.2. The summed E-state index contributed by atoms with van der Waals surface area (Å²) < 4.78 is 26.3. The molecule has 0 rings (SSSR count). The van der Waals surface area contributed by atoms with E-state index in [0.29, 0.717) is 12.8 Å². The van der Waals surface area contributed by atoms with E-state index >= 15 is 0 Å². The van der Waals surface area contributed by atoms with Crippen molar-refractivity contribution >= 4 is 19.8 Å². The zero-order valence-electron chi connectivity index (χ0n) is 33.2. The molecular formula is C43H77O8P. The first-order valence-corrected chi connectivity index (χ1v) is 22.5. The normalized spacial score (nSPS) is 12.9. The number of carbonyl (C=O) groups excluding carboxylic acids is 2. The van der Waals surface area contributed by atoms with E-state index in [-0.39, 0.29) is 19.4 Å². The molecular weight excluding hydrogens is 675 g/mol. The Morgan fingerprint density at radius 2 is 0.865 bits per heavy atom. The summed E-state index contributed by atoms with van der Waals surface area (Å²) >= 11 is 0. The van der Waals surface area contributed by atoms with E-state index in [9.17, 15) is 14.2 Å². The second-order valence-corrected chi connectivity index (χ2v) is 15.2. The molecule has 0 aromatic heterocycles. The summed E-state index contributed by atoms with van der Waals surface area (Å²) in [6.45, 7) is 3.62. The van der Waals surface area contributed by atoms with Crippen molar-refractivity contribution in [3.63, 3.8) is 0 Å². The van der Waals surface area contributed by atoms with E-state index in [0.717, 1.165) is 57.8 Å². The van der Waals surface area contributed by atoms with Gasteiger partial charge in [0, 0.05) is 12.8 Å². The topological polar surface area (TPSA) is 119 Å². The fraction of sp³-hybridized carbons (Fsp3) is 0.767. The molecule has 0 unspecified atom stereocenters. The summed E-state index contributed by atoms with van der Waals surface area (Å²) in [4.78, 5) is 42.8. The molecule has 0 spiro atoms. The number of esters is 2. The van der Waals surface area contributed by atoms with Crippen molar-refractivity contribution in [1.82, 2.24) is 0 Å². The van der Waals surface area contributed by atoms with Crippen LogP contribution in [0.25, 0.3) is 0 Å². The Morgan fingerprint density at radius 1 is 0.500 bits per heavy atom. The Labute approximate surface area is 318 Å². The van der Waals surface area contributed by atoms with Crippen LogP contribution in [0, 0.1) is 0 Å². The number of hydrogen-bond acceptors (Lipinski definition) is 6. The highest BCUT2D eigenvalue weighted by Gasteiger charge is 2.22. The third-order valence-corrected chi connectivity index (χ3v) is 9.31. The lowest BCUT2D eigenvalue weighted by atomic mass is 10.1. The molecule has 0 aromatic rings. The first-order chi connectivity index (χ1) is 25.3. The van der Waals surface area contributed by atoms with Crippen LogP contribution in [-0.4, -0.2) is 41.0 Å². The summed E-state index contributed by atoms with van der Waals surface area (Å²) in [5.74, 6) is -0.934. The number of phosphoric ester groups is 1. The Hall–Kier alpha value is -1.99. The average Bonchev–Trinajstić information content (AvgIpc) is 3.11. The van der Waals surface area contributed by atoms with Gasteiger partial charge in [0.1, 0.15) is 6.61 Å². The fourth-order valence-corrected chi connectivity index (χ4v) is 6.03. The lowest BCUT2D eigenvalue weighted by Gasteiger charge is -2.18. The molecule has 0 heterocycles. The van der Waals surface area contributed by atoms with E-state index in [4.69, 9.17) is 19.3 Å². The molecule has 52 heavy (non-hydrogen) atoms. The standard InChI is InChI=1S/C43H77O8P/c1-3-5-7-9-11-13-15-17-19-20-21-22-24-26-28-30-32-34-36-38-43(45)51-41(40-50-52(46,47)48)39-49-42(44)37-35-33-31-29-27-25-23-18-16-14-12-10-8-6-4-2/h12,14,18,20-21,23,27,29,41H,3-11,13,15-17,19,22,24-26,28,30-40H2,1-2H3,(H2,46,47,48)/b14-12-,21-20-,23-18-,29-27-/t41-/m1/s1. The van der Waals surface area contributed by atoms with Crippen molar-refractivity contribution in [3.8, 4) is 0 Å². The molecule has 302 valence electrons. The lowest BCUT2D eigenvalue weighted by Crippen LogP contribution is -2.29. The van der Waals surface area contributed by atoms with E-state index in [1.165, 1.54) is 96.3 Å². The number of ether oxygens (including phenoxy) is 2. The van der Waals surface area contributed by atoms with Crippen molar-refractivity contribution in [2.24, 2.45) is 0 Å². The lowest BCUT2D eigenvalue weighted by molar-refractivity contribution is -0.161. The third-order valence-electron chi connectivity index (χ3n) is 8.82. The van der Waals surface area contributed by atoms with Gasteiger partial charge in [0.2, 0.25) is 0 Å². The van der Waals surface area contributed by atoms with Crippen molar-refractivity contribution in [2.45, 2.75) is 200 Å². The minimum Gasteiger partial charge on any atom is -0.462 e. The van der Waals surface area contributed by atoms with Crippen molar-refractivity contribution < 1.29 is 37.9 Å². The van der Waals surface area contributed by atoms with Crippen LogP contribution >= 0.6 is 7.82 Å². The van der Waals surface area contributed by atoms with Gasteiger partial charge >= 0.3 is 19.8 Å². The molecule has 0 aromatic carbocycles. The van der Waals surface area contributed by atoms with Crippen LogP contribution in [0.1, 0.15) is 194 Å². The summed E-state index contributed by atoms with van der Waals surface area (Å²) in [6, 6.07) is 0. The fourth-order valence-electron chi connectivity index (χ4n) is 5.67. The van der Waals surface area contributed by atoms with Gasteiger partial charge in [-0.15, -0.1) is 0 Å². The van der Waals surface area contributed by atoms with Crippen LogP contribution in [0.3, 0.4) is 0 Å². The minimum atomic E-state index is -4.76. The molecule has 0 bridgehead atoms. The largest absolute Gasteiger partial charge is 0.469 e. The Bertz CT molecular complexity index is 984. The molecule has 1 atom stereocenters. The maximum Gasteiger partial charge on any atom is 0.469 e. The summed E-state index contributed by atoms with van der Waals surface area (Å²) in [5.41, 5.74) is 0. The maximum absolute atomic E-state index is 12.4. The van der Waals surface area contributed by atoms with Crippen molar-refractivity contribution in [3.05, 3.63) is 48.6 Å². The molecule has 9 heteroatoms. The van der Waals surface area contributed by atoms with E-state index in [1.807, 2.05) is 0 Å². The number of carbonyl (C=O) groups is 2. The van der Waals surface area contributed by atoms with Gasteiger partial charge in [0.15, 0.2) is 6.10 Å². The van der Waals surface area contributed by atoms with Gasteiger partial charge in [-0.3, -0.25) is 14.1 Å². The minimum absolute atomic E-state index is 0.198. The summed E-state index contributed by atoms with van der Waals surface area (Å²) in [6.07, 6.45) is 46.9. The monoisotopic (exact) mass is 753 g/mol. The van der Waals surface area contributed by atoms with Gasteiger partial charge < -0.3 is 19.3 Å². The van der Waals surface area contributed by atoms with Crippen LogP contribution in [-0.2, 0) is 28.2 Å². The molecule has 8 nitrogen and oxygen atoms in total. The maximum atomic E-state index is 12.4. The van der Waals surface area contributed by atoms with Gasteiger partial charge in [-0.1, -0.05) is 152 Å². The average molecular weight is 753 g/mol. The summed E-state index contributed by atoms with van der Waals surface area (Å²) in [7, 11) is -4.76. The van der Waals surface area contributed by atoms with Crippen LogP contribution in [0.5, 0.6) is 0 Å². The smallest absolute Gasteiger partial charge is 0.462 e. The van der Waals surface area contributed by atoms with Crippen LogP contribution in [0.4, 0.5) is 0 Å². The van der Waals surface area contributed by atoms with Crippen molar-refractivity contribution in [2.75, 3.05) is 13.2 Å². The Balaban J connectivity index is 3.98. The SMILES string of the molecule is CCCCC/C=C\C/C=C\C/C=C\CCCCC(=O)OC[C@H](COP(=O)(O)O)OC(=O)CCCCCCCCC/C=C\CCCCCCCCCC. The summed E-state index contributed by atoms with van der Waals surface area (Å²) in [5, 5.41) is 0. The predicted molar refractivity (Wildman–Crippen MR) is 216 cm³/mol. The molecule has 0 amide bonds. The van der Waals surface area contributed by atoms with Gasteiger partial charge in [0.05, 0.1) is 6.61 Å². The third kappa shape index (κ3) is 40.8. The number of hydrogen-bond donors (Lipinski definition) is 2. The van der Waals surface area contributed by atoms with Crippen LogP contribution < -0.4 is 0 Å². The molecule has 0 aliphatic carbocycles. The van der Waals surface area contributed by atoms with Gasteiger partial charge in [-0.2, -0.15) is 0 Å². The number of unbranched alkanes of at least 4 members (excludes halogenated alkanes) is 20. The second kappa shape index (κ2) is 38.7. The van der Waals surface area contributed by atoms with Crippen molar-refractivity contribution in [1.29, 1.82) is 0 Å². The first kappa shape index (κ1) is 50.0. The zero-order valence-corrected chi connectivity index (χ0v) is 34.1. The van der Waals surface area contributed by atoms with E-state index in [1.54, 1.807) is 0 Å². The van der Waals surface area contributed by atoms with Gasteiger partial charge in [0.25, 0.3) is 0 Å². The van der Waals surface area contributed by atoms with Gasteiger partial charge in [-0.25, -0.2) is 4.57 Å². The molecule has 0 aliphatic heterocycles. The molecule has 2 N–H and O–H groups in total. The Kier molecular flexibility index (Phi) is 37.2. The molecule has 0 saturated carbocycles. The van der Waals surface area contributed by atoms with Crippen LogP contribution in [0.2, 0.25) is 0 Å². The predicted octanol–water partition coefficient (Wildman–Crippen LogP) is 12.7. The highest BCUT2D eigenvalue weighted by molar-refractivity contribution is 7.46. The number of allylic oxidation sites excluding steroid dienone is 8. The second-order valence-electron chi connectivity index (χ2n) is 14.0. The Morgan fingerprint density at radius 3 is 1.38 bits per heavy atom. The van der Waals surface area contributed by atoms with Gasteiger partial charge in [-0.05, 0) is 77.0 Å². The van der Waals surface area contributed by atoms with Crippen LogP contribution in [0.15, 0.2) is 48.6 Å².